The molecule has 0 spiro atoms. The zero-order chi connectivity index (χ0) is 20.7. The van der Waals surface area contributed by atoms with Gasteiger partial charge in [0.25, 0.3) is 5.91 Å². The number of nitrogens with one attached hydrogen (secondary N) is 1. The first-order chi connectivity index (χ1) is 13.3. The Morgan fingerprint density at radius 1 is 1.11 bits per heavy atom. The van der Waals surface area contributed by atoms with Crippen LogP contribution in [0.3, 0.4) is 0 Å². The normalized spacial score (nSPS) is 11.8. The van der Waals surface area contributed by atoms with Crippen molar-refractivity contribution in [1.29, 1.82) is 0 Å². The zero-order valence-corrected chi connectivity index (χ0v) is 17.5. The summed E-state index contributed by atoms with van der Waals surface area (Å²) in [6, 6.07) is 14.1. The highest BCUT2D eigenvalue weighted by atomic mass is 35.5. The third-order valence-corrected chi connectivity index (χ3v) is 4.46. The van der Waals surface area contributed by atoms with Crippen molar-refractivity contribution in [2.24, 2.45) is 0 Å². The van der Waals surface area contributed by atoms with E-state index in [0.29, 0.717) is 10.8 Å². The van der Waals surface area contributed by atoms with Crippen LogP contribution in [-0.2, 0) is 16.1 Å². The van der Waals surface area contributed by atoms with Crippen molar-refractivity contribution in [3.8, 4) is 5.75 Å². The molecular formula is C22H27ClN2O3. The van der Waals surface area contributed by atoms with Crippen molar-refractivity contribution >= 4 is 23.4 Å². The predicted molar refractivity (Wildman–Crippen MR) is 111 cm³/mol. The fourth-order valence-electron chi connectivity index (χ4n) is 2.68. The summed E-state index contributed by atoms with van der Waals surface area (Å²) in [7, 11) is 0. The van der Waals surface area contributed by atoms with E-state index in [2.05, 4.69) is 5.32 Å². The molecule has 0 bridgehead atoms. The molecule has 0 unspecified atom stereocenters. The van der Waals surface area contributed by atoms with Crippen molar-refractivity contribution in [2.75, 3.05) is 6.61 Å². The van der Waals surface area contributed by atoms with Crippen LogP contribution in [0.4, 0.5) is 0 Å². The molecule has 28 heavy (non-hydrogen) atoms. The molecule has 2 aromatic carbocycles. The van der Waals surface area contributed by atoms with Crippen LogP contribution in [0.1, 0.15) is 31.9 Å². The van der Waals surface area contributed by atoms with E-state index in [1.165, 1.54) is 4.90 Å². The number of aryl methyl sites for hydroxylation is 1. The van der Waals surface area contributed by atoms with E-state index in [9.17, 15) is 9.59 Å². The van der Waals surface area contributed by atoms with Crippen molar-refractivity contribution in [2.45, 2.75) is 46.3 Å². The maximum Gasteiger partial charge on any atom is 0.261 e. The van der Waals surface area contributed by atoms with Gasteiger partial charge in [0, 0.05) is 17.6 Å². The standard InChI is InChI=1S/C22H27ClN2O3/c1-15(2)24-22(27)17(4)25(13-18-6-5-7-19(23)12-18)21(26)14-28-20-10-8-16(3)9-11-20/h5-12,15,17H,13-14H2,1-4H3,(H,24,27)/t17-/m0/s1. The Labute approximate surface area is 171 Å². The molecule has 1 N–H and O–H groups in total. The topological polar surface area (TPSA) is 58.6 Å². The fourth-order valence-corrected chi connectivity index (χ4v) is 2.90. The first kappa shape index (κ1) is 21.8. The second-order valence-electron chi connectivity index (χ2n) is 7.09. The average molecular weight is 403 g/mol. The van der Waals surface area contributed by atoms with E-state index in [4.69, 9.17) is 16.3 Å². The fraction of sp³-hybridized carbons (Fsp3) is 0.364. The molecule has 2 rings (SSSR count). The molecule has 0 aromatic heterocycles. The predicted octanol–water partition coefficient (Wildman–Crippen LogP) is 3.97. The third-order valence-electron chi connectivity index (χ3n) is 4.22. The van der Waals surface area contributed by atoms with Gasteiger partial charge in [-0.15, -0.1) is 0 Å². The highest BCUT2D eigenvalue weighted by molar-refractivity contribution is 6.30. The van der Waals surface area contributed by atoms with Gasteiger partial charge >= 0.3 is 0 Å². The van der Waals surface area contributed by atoms with E-state index in [1.54, 1.807) is 19.1 Å². The summed E-state index contributed by atoms with van der Waals surface area (Å²) in [5.41, 5.74) is 1.96. The Morgan fingerprint density at radius 2 is 1.79 bits per heavy atom. The maximum absolute atomic E-state index is 12.9. The van der Waals surface area contributed by atoms with Crippen LogP contribution in [0, 0.1) is 6.92 Å². The molecule has 1 atom stereocenters. The SMILES string of the molecule is Cc1ccc(OCC(=O)N(Cc2cccc(Cl)c2)[C@@H](C)C(=O)NC(C)C)cc1. The van der Waals surface area contributed by atoms with Gasteiger partial charge in [0.15, 0.2) is 6.61 Å². The number of rotatable bonds is 8. The molecule has 0 aliphatic carbocycles. The number of amides is 2. The van der Waals surface area contributed by atoms with Crippen LogP contribution in [0.5, 0.6) is 5.75 Å². The summed E-state index contributed by atoms with van der Waals surface area (Å²) >= 11 is 6.07. The van der Waals surface area contributed by atoms with Gasteiger partial charge < -0.3 is 15.0 Å². The van der Waals surface area contributed by atoms with Gasteiger partial charge in [-0.2, -0.15) is 0 Å². The Bertz CT molecular complexity index is 806. The number of nitrogens with zero attached hydrogens (tertiary/aromatic N) is 1. The van der Waals surface area contributed by atoms with E-state index >= 15 is 0 Å². The molecule has 0 radical (unpaired) electrons. The monoisotopic (exact) mass is 402 g/mol. The minimum absolute atomic E-state index is 0.0121. The van der Waals surface area contributed by atoms with Crippen LogP contribution in [0.15, 0.2) is 48.5 Å². The zero-order valence-electron chi connectivity index (χ0n) is 16.7. The number of carbonyl (C=O) groups excluding carboxylic acids is 2. The number of ether oxygens (including phenoxy) is 1. The van der Waals surface area contributed by atoms with Gasteiger partial charge in [-0.3, -0.25) is 9.59 Å². The highest BCUT2D eigenvalue weighted by Gasteiger charge is 2.26. The number of hydrogen-bond acceptors (Lipinski definition) is 3. The van der Waals surface area contributed by atoms with Crippen LogP contribution in [0.25, 0.3) is 0 Å². The van der Waals surface area contributed by atoms with Gasteiger partial charge in [0.2, 0.25) is 5.91 Å². The molecule has 0 aliphatic rings. The maximum atomic E-state index is 12.9. The molecule has 0 saturated carbocycles. The van der Waals surface area contributed by atoms with Gasteiger partial charge in [-0.05, 0) is 57.5 Å². The smallest absolute Gasteiger partial charge is 0.261 e. The Kier molecular flexibility index (Phi) is 7.88. The number of carbonyl (C=O) groups is 2. The Balaban J connectivity index is 2.14. The van der Waals surface area contributed by atoms with Gasteiger partial charge in [-0.1, -0.05) is 41.4 Å². The molecule has 0 aliphatic heterocycles. The minimum Gasteiger partial charge on any atom is -0.484 e. The van der Waals surface area contributed by atoms with Crippen molar-refractivity contribution in [1.82, 2.24) is 10.2 Å². The number of benzene rings is 2. The molecule has 6 heteroatoms. The van der Waals surface area contributed by atoms with E-state index in [0.717, 1.165) is 11.1 Å². The molecule has 0 fully saturated rings. The molecule has 2 aromatic rings. The first-order valence-corrected chi connectivity index (χ1v) is 9.68. The Morgan fingerprint density at radius 3 is 2.39 bits per heavy atom. The van der Waals surface area contributed by atoms with Crippen molar-refractivity contribution < 1.29 is 14.3 Å². The lowest BCUT2D eigenvalue weighted by Crippen LogP contribution is -2.50. The van der Waals surface area contributed by atoms with Crippen LogP contribution >= 0.6 is 11.6 Å². The Hall–Kier alpha value is -2.53. The first-order valence-electron chi connectivity index (χ1n) is 9.30. The van der Waals surface area contributed by atoms with Gasteiger partial charge in [-0.25, -0.2) is 0 Å². The third kappa shape index (κ3) is 6.57. The van der Waals surface area contributed by atoms with E-state index in [-0.39, 0.29) is 31.0 Å². The summed E-state index contributed by atoms with van der Waals surface area (Å²) < 4.78 is 5.63. The van der Waals surface area contributed by atoms with E-state index in [1.807, 2.05) is 57.2 Å². The van der Waals surface area contributed by atoms with Gasteiger partial charge in [0.1, 0.15) is 11.8 Å². The van der Waals surface area contributed by atoms with Gasteiger partial charge in [0.05, 0.1) is 0 Å². The summed E-state index contributed by atoms with van der Waals surface area (Å²) in [6.07, 6.45) is 0. The quantitative estimate of drug-likeness (QED) is 0.726. The molecule has 150 valence electrons. The molecule has 0 heterocycles. The molecule has 2 amide bonds. The van der Waals surface area contributed by atoms with Crippen molar-refractivity contribution in [3.63, 3.8) is 0 Å². The molecule has 0 saturated heterocycles. The minimum atomic E-state index is -0.643. The second-order valence-corrected chi connectivity index (χ2v) is 7.53. The lowest BCUT2D eigenvalue weighted by molar-refractivity contribution is -0.142. The second kappa shape index (κ2) is 10.1. The summed E-state index contributed by atoms with van der Waals surface area (Å²) in [5.74, 6) is 0.133. The van der Waals surface area contributed by atoms with Crippen LogP contribution in [0.2, 0.25) is 5.02 Å². The largest absolute Gasteiger partial charge is 0.484 e. The summed E-state index contributed by atoms with van der Waals surface area (Å²) in [4.78, 5) is 26.9. The lowest BCUT2D eigenvalue weighted by Gasteiger charge is -2.29. The van der Waals surface area contributed by atoms with E-state index < -0.39 is 6.04 Å². The van der Waals surface area contributed by atoms with Crippen LogP contribution in [-0.4, -0.2) is 35.4 Å². The average Bonchev–Trinajstić information content (AvgIpc) is 2.64. The molecular weight excluding hydrogens is 376 g/mol. The summed E-state index contributed by atoms with van der Waals surface area (Å²) in [5, 5.41) is 3.44. The number of hydrogen-bond donors (Lipinski definition) is 1. The lowest BCUT2D eigenvalue weighted by atomic mass is 10.1. The molecule has 5 nitrogen and oxygen atoms in total. The number of halogens is 1. The highest BCUT2D eigenvalue weighted by Crippen LogP contribution is 2.16. The van der Waals surface area contributed by atoms with Crippen molar-refractivity contribution in [3.05, 3.63) is 64.7 Å². The summed E-state index contributed by atoms with van der Waals surface area (Å²) in [6.45, 7) is 7.58. The van der Waals surface area contributed by atoms with Crippen LogP contribution < -0.4 is 10.1 Å².